The van der Waals surface area contributed by atoms with Crippen molar-refractivity contribution < 1.29 is 9.59 Å². The standard InChI is InChI=1S/C23H20BrClN4O2/c1-2-15-7-10-18(11-8-15)27-22(30)23(31)29-26-14-16-13-17(24)9-12-20(16)28-21-6-4-3-5-19(21)25/h3-14,28H,2H2,1H3,(H,27,30)(H,29,31)/b26-14+. The number of carbonyl (C=O) groups is 2. The highest BCUT2D eigenvalue weighted by molar-refractivity contribution is 9.10. The molecule has 0 heterocycles. The van der Waals surface area contributed by atoms with Crippen molar-refractivity contribution in [3.63, 3.8) is 0 Å². The maximum atomic E-state index is 12.1. The third-order valence-corrected chi connectivity index (χ3v) is 5.18. The Hall–Kier alpha value is -3.16. The Morgan fingerprint density at radius 2 is 1.74 bits per heavy atom. The van der Waals surface area contributed by atoms with Gasteiger partial charge in [0, 0.05) is 21.4 Å². The Bertz CT molecular complexity index is 1120. The number of halogens is 2. The number of nitrogens with one attached hydrogen (secondary N) is 3. The van der Waals surface area contributed by atoms with Crippen molar-refractivity contribution >= 4 is 62.6 Å². The van der Waals surface area contributed by atoms with Gasteiger partial charge in [-0.3, -0.25) is 9.59 Å². The molecule has 0 saturated carbocycles. The van der Waals surface area contributed by atoms with Crippen molar-refractivity contribution in [3.05, 3.63) is 87.4 Å². The first kappa shape index (κ1) is 22.5. The SMILES string of the molecule is CCc1ccc(NC(=O)C(=O)N/N=C/c2cc(Br)ccc2Nc2ccccc2Cl)cc1. The van der Waals surface area contributed by atoms with Crippen LogP contribution in [-0.4, -0.2) is 18.0 Å². The molecule has 0 saturated heterocycles. The third-order valence-electron chi connectivity index (χ3n) is 4.35. The third kappa shape index (κ3) is 6.41. The van der Waals surface area contributed by atoms with Crippen LogP contribution in [0.5, 0.6) is 0 Å². The molecule has 0 unspecified atom stereocenters. The van der Waals surface area contributed by atoms with Crippen molar-refractivity contribution in [2.75, 3.05) is 10.6 Å². The summed E-state index contributed by atoms with van der Waals surface area (Å²) in [4.78, 5) is 24.1. The van der Waals surface area contributed by atoms with Crippen molar-refractivity contribution in [1.82, 2.24) is 5.43 Å². The van der Waals surface area contributed by atoms with Crippen LogP contribution in [0.1, 0.15) is 18.1 Å². The molecule has 3 N–H and O–H groups in total. The Labute approximate surface area is 193 Å². The number of carbonyl (C=O) groups excluding carboxylic acids is 2. The lowest BCUT2D eigenvalue weighted by Gasteiger charge is -2.11. The summed E-state index contributed by atoms with van der Waals surface area (Å²) < 4.78 is 0.832. The second-order valence-corrected chi connectivity index (χ2v) is 7.86. The van der Waals surface area contributed by atoms with Gasteiger partial charge in [0.25, 0.3) is 0 Å². The van der Waals surface area contributed by atoms with Crippen LogP contribution in [0.2, 0.25) is 5.02 Å². The van der Waals surface area contributed by atoms with E-state index >= 15 is 0 Å². The lowest BCUT2D eigenvalue weighted by molar-refractivity contribution is -0.136. The van der Waals surface area contributed by atoms with Crippen LogP contribution in [0, 0.1) is 0 Å². The Morgan fingerprint density at radius 3 is 2.45 bits per heavy atom. The Morgan fingerprint density at radius 1 is 1.00 bits per heavy atom. The summed E-state index contributed by atoms with van der Waals surface area (Å²) in [7, 11) is 0. The van der Waals surface area contributed by atoms with E-state index in [-0.39, 0.29) is 0 Å². The fraction of sp³-hybridized carbons (Fsp3) is 0.0870. The summed E-state index contributed by atoms with van der Waals surface area (Å²) in [5.41, 5.74) is 6.08. The molecule has 0 aromatic heterocycles. The summed E-state index contributed by atoms with van der Waals surface area (Å²) >= 11 is 9.64. The van der Waals surface area contributed by atoms with Crippen molar-refractivity contribution in [2.24, 2.45) is 5.10 Å². The monoisotopic (exact) mass is 498 g/mol. The van der Waals surface area contributed by atoms with Crippen LogP contribution in [0.15, 0.2) is 76.3 Å². The van der Waals surface area contributed by atoms with Gasteiger partial charge < -0.3 is 10.6 Å². The van der Waals surface area contributed by atoms with E-state index in [0.717, 1.165) is 27.8 Å². The molecule has 0 spiro atoms. The quantitative estimate of drug-likeness (QED) is 0.238. The number of para-hydroxylation sites is 1. The molecule has 3 rings (SSSR count). The van der Waals surface area contributed by atoms with Crippen molar-refractivity contribution in [3.8, 4) is 0 Å². The van der Waals surface area contributed by atoms with Gasteiger partial charge in [-0.15, -0.1) is 0 Å². The van der Waals surface area contributed by atoms with Gasteiger partial charge in [-0.05, 0) is 54.4 Å². The van der Waals surface area contributed by atoms with E-state index in [1.807, 2.05) is 55.5 Å². The normalized spacial score (nSPS) is 10.7. The van der Waals surface area contributed by atoms with E-state index in [1.54, 1.807) is 18.2 Å². The fourth-order valence-electron chi connectivity index (χ4n) is 2.68. The smallest absolute Gasteiger partial charge is 0.329 e. The number of aryl methyl sites for hydroxylation is 1. The largest absolute Gasteiger partial charge is 0.354 e. The fourth-order valence-corrected chi connectivity index (χ4v) is 3.25. The number of rotatable bonds is 6. The Kier molecular flexibility index (Phi) is 7.81. The van der Waals surface area contributed by atoms with Crippen LogP contribution >= 0.6 is 27.5 Å². The number of amides is 2. The maximum absolute atomic E-state index is 12.1. The topological polar surface area (TPSA) is 82.6 Å². The van der Waals surface area contributed by atoms with Crippen LogP contribution in [0.4, 0.5) is 17.1 Å². The summed E-state index contributed by atoms with van der Waals surface area (Å²) in [5.74, 6) is -1.67. The summed E-state index contributed by atoms with van der Waals surface area (Å²) in [6.45, 7) is 2.04. The molecule has 3 aromatic carbocycles. The first-order chi connectivity index (χ1) is 15.0. The van der Waals surface area contributed by atoms with Gasteiger partial charge >= 0.3 is 11.8 Å². The van der Waals surface area contributed by atoms with E-state index < -0.39 is 11.8 Å². The molecule has 0 aliphatic rings. The minimum absolute atomic E-state index is 0.541. The van der Waals surface area contributed by atoms with Gasteiger partial charge in [0.05, 0.1) is 16.9 Å². The number of hydrazone groups is 1. The van der Waals surface area contributed by atoms with E-state index in [1.165, 1.54) is 6.21 Å². The summed E-state index contributed by atoms with van der Waals surface area (Å²) in [5, 5.41) is 10.3. The first-order valence-electron chi connectivity index (χ1n) is 9.50. The lowest BCUT2D eigenvalue weighted by Crippen LogP contribution is -2.32. The molecule has 0 bridgehead atoms. The second kappa shape index (κ2) is 10.7. The van der Waals surface area contributed by atoms with Gasteiger partial charge in [0.15, 0.2) is 0 Å². The molecule has 0 fully saturated rings. The molecule has 0 radical (unpaired) electrons. The number of anilines is 3. The average molecular weight is 500 g/mol. The van der Waals surface area contributed by atoms with E-state index in [4.69, 9.17) is 11.6 Å². The van der Waals surface area contributed by atoms with Gasteiger partial charge in [-0.25, -0.2) is 5.43 Å². The zero-order chi connectivity index (χ0) is 22.2. The van der Waals surface area contributed by atoms with Crippen LogP contribution in [0.3, 0.4) is 0 Å². The minimum atomic E-state index is -0.869. The molecular weight excluding hydrogens is 480 g/mol. The molecular formula is C23H20BrClN4O2. The first-order valence-corrected chi connectivity index (χ1v) is 10.7. The summed E-state index contributed by atoms with van der Waals surface area (Å²) in [6.07, 6.45) is 2.34. The van der Waals surface area contributed by atoms with Crippen LogP contribution in [-0.2, 0) is 16.0 Å². The zero-order valence-corrected chi connectivity index (χ0v) is 19.0. The molecule has 0 aliphatic heterocycles. The zero-order valence-electron chi connectivity index (χ0n) is 16.7. The average Bonchev–Trinajstić information content (AvgIpc) is 2.77. The number of hydrogen-bond donors (Lipinski definition) is 3. The number of benzene rings is 3. The predicted octanol–water partition coefficient (Wildman–Crippen LogP) is 5.50. The molecule has 31 heavy (non-hydrogen) atoms. The molecule has 3 aromatic rings. The van der Waals surface area contributed by atoms with E-state index in [9.17, 15) is 9.59 Å². The van der Waals surface area contributed by atoms with Crippen molar-refractivity contribution in [1.29, 1.82) is 0 Å². The molecule has 0 atom stereocenters. The van der Waals surface area contributed by atoms with Gasteiger partial charge in [-0.1, -0.05) is 58.7 Å². The van der Waals surface area contributed by atoms with Crippen LogP contribution in [0.25, 0.3) is 0 Å². The Balaban J connectivity index is 1.65. The van der Waals surface area contributed by atoms with E-state index in [0.29, 0.717) is 16.3 Å². The highest BCUT2D eigenvalue weighted by atomic mass is 79.9. The molecule has 6 nitrogen and oxygen atoms in total. The predicted molar refractivity (Wildman–Crippen MR) is 129 cm³/mol. The number of hydrogen-bond acceptors (Lipinski definition) is 4. The lowest BCUT2D eigenvalue weighted by atomic mass is 10.1. The molecule has 158 valence electrons. The molecule has 0 aliphatic carbocycles. The second-order valence-electron chi connectivity index (χ2n) is 6.54. The maximum Gasteiger partial charge on any atom is 0.329 e. The highest BCUT2D eigenvalue weighted by Gasteiger charge is 2.13. The van der Waals surface area contributed by atoms with Crippen molar-refractivity contribution in [2.45, 2.75) is 13.3 Å². The highest BCUT2D eigenvalue weighted by Crippen LogP contribution is 2.28. The van der Waals surface area contributed by atoms with Gasteiger partial charge in [0.1, 0.15) is 0 Å². The van der Waals surface area contributed by atoms with E-state index in [2.05, 4.69) is 37.1 Å². The van der Waals surface area contributed by atoms with Gasteiger partial charge in [-0.2, -0.15) is 5.10 Å². The van der Waals surface area contributed by atoms with Gasteiger partial charge in [0.2, 0.25) is 0 Å². The minimum Gasteiger partial charge on any atom is -0.354 e. The molecule has 8 heteroatoms. The van der Waals surface area contributed by atoms with Crippen LogP contribution < -0.4 is 16.1 Å². The number of nitrogens with zero attached hydrogens (tertiary/aromatic N) is 1. The molecule has 2 amide bonds. The summed E-state index contributed by atoms with van der Waals surface area (Å²) in [6, 6.07) is 20.2.